The number of carbonyl (C=O) groups is 1. The number of aryl methyl sites for hydroxylation is 1. The van der Waals surface area contributed by atoms with Crippen molar-refractivity contribution in [1.29, 1.82) is 0 Å². The van der Waals surface area contributed by atoms with Gasteiger partial charge in [0.2, 0.25) is 0 Å². The van der Waals surface area contributed by atoms with Crippen molar-refractivity contribution < 1.29 is 4.79 Å². The van der Waals surface area contributed by atoms with Crippen LogP contribution in [0.15, 0.2) is 53.7 Å². The Balaban J connectivity index is 1.65. The highest BCUT2D eigenvalue weighted by Gasteiger charge is 2.32. The molecule has 4 rings (SSSR count). The minimum Gasteiger partial charge on any atom is -0.336 e. The molecule has 0 aliphatic carbocycles. The molecule has 3 aromatic rings. The third-order valence-electron chi connectivity index (χ3n) is 4.74. The number of hydrogen-bond donors (Lipinski definition) is 2. The first-order valence-electron chi connectivity index (χ1n) is 8.79. The van der Waals surface area contributed by atoms with Crippen LogP contribution in [0, 0.1) is 0 Å². The predicted molar refractivity (Wildman–Crippen MR) is 100 cm³/mol. The Labute approximate surface area is 155 Å². The molecule has 1 unspecified atom stereocenters. The molecule has 1 aliphatic heterocycles. The molecule has 1 aliphatic rings. The summed E-state index contributed by atoms with van der Waals surface area (Å²) in [6, 6.07) is 8.53. The van der Waals surface area contributed by atoms with Gasteiger partial charge in [0.15, 0.2) is 0 Å². The fraction of sp³-hybridized carbons (Fsp3) is 0.263. The average Bonchev–Trinajstić information content (AvgIpc) is 3.14. The number of nitrogens with zero attached hydrogens (tertiary/aromatic N) is 4. The van der Waals surface area contributed by atoms with Crippen LogP contribution in [0.4, 0.5) is 0 Å². The van der Waals surface area contributed by atoms with E-state index in [2.05, 4.69) is 20.3 Å². The monoisotopic (exact) mass is 364 g/mol. The lowest BCUT2D eigenvalue weighted by Crippen LogP contribution is -2.50. The van der Waals surface area contributed by atoms with Gasteiger partial charge in [-0.2, -0.15) is 0 Å². The van der Waals surface area contributed by atoms with Crippen molar-refractivity contribution in [3.63, 3.8) is 0 Å². The number of H-pyrrole nitrogens is 1. The van der Waals surface area contributed by atoms with E-state index in [9.17, 15) is 9.59 Å². The van der Waals surface area contributed by atoms with Crippen LogP contribution in [0.3, 0.4) is 0 Å². The minimum atomic E-state index is -0.416. The van der Waals surface area contributed by atoms with Crippen LogP contribution in [-0.2, 0) is 7.05 Å². The van der Waals surface area contributed by atoms with Crippen LogP contribution in [0.25, 0.3) is 11.4 Å². The summed E-state index contributed by atoms with van der Waals surface area (Å²) in [7, 11) is 1.90. The second-order valence-corrected chi connectivity index (χ2v) is 6.44. The van der Waals surface area contributed by atoms with Gasteiger partial charge in [0, 0.05) is 45.3 Å². The fourth-order valence-corrected chi connectivity index (χ4v) is 3.34. The summed E-state index contributed by atoms with van der Waals surface area (Å²) in [5.41, 5.74) is 0.941. The van der Waals surface area contributed by atoms with E-state index in [4.69, 9.17) is 0 Å². The molecule has 8 nitrogen and oxygen atoms in total. The van der Waals surface area contributed by atoms with Gasteiger partial charge in [-0.25, -0.2) is 4.98 Å². The summed E-state index contributed by atoms with van der Waals surface area (Å²) < 4.78 is 1.90. The van der Waals surface area contributed by atoms with E-state index in [-0.39, 0.29) is 17.5 Å². The standard InChI is InChI=1S/C19H20N6O2/c1-24-10-9-22-17(24)16-12-20-8-11-25(16)19(27)13-5-6-15(23-18(13)26)14-4-2-3-7-21-14/h2-7,9-10,16,20H,8,11-12H2,1H3,(H,23,26). The van der Waals surface area contributed by atoms with Gasteiger partial charge in [-0.15, -0.1) is 0 Å². The Bertz CT molecular complexity index is 1010. The predicted octanol–water partition coefficient (Wildman–Crippen LogP) is 0.957. The second-order valence-electron chi connectivity index (χ2n) is 6.44. The van der Waals surface area contributed by atoms with E-state index in [0.717, 1.165) is 5.82 Å². The molecule has 1 fully saturated rings. The van der Waals surface area contributed by atoms with Crippen molar-refractivity contribution >= 4 is 5.91 Å². The minimum absolute atomic E-state index is 0.121. The van der Waals surface area contributed by atoms with Crippen LogP contribution in [0.1, 0.15) is 22.2 Å². The highest BCUT2D eigenvalue weighted by Crippen LogP contribution is 2.22. The van der Waals surface area contributed by atoms with Gasteiger partial charge in [-0.3, -0.25) is 14.6 Å². The maximum Gasteiger partial charge on any atom is 0.261 e. The normalized spacial score (nSPS) is 17.1. The Morgan fingerprint density at radius 2 is 2.07 bits per heavy atom. The number of pyridine rings is 2. The molecule has 1 amide bonds. The first kappa shape index (κ1) is 17.2. The summed E-state index contributed by atoms with van der Waals surface area (Å²) in [6.07, 6.45) is 5.22. The zero-order chi connectivity index (χ0) is 18.8. The number of rotatable bonds is 3. The van der Waals surface area contributed by atoms with Crippen molar-refractivity contribution in [2.75, 3.05) is 19.6 Å². The number of carbonyl (C=O) groups excluding carboxylic acids is 1. The maximum atomic E-state index is 13.1. The number of amides is 1. The summed E-state index contributed by atoms with van der Waals surface area (Å²) >= 11 is 0. The van der Waals surface area contributed by atoms with Crippen LogP contribution in [0.5, 0.6) is 0 Å². The van der Waals surface area contributed by atoms with Crippen molar-refractivity contribution in [2.24, 2.45) is 7.05 Å². The lowest BCUT2D eigenvalue weighted by Gasteiger charge is -2.35. The number of hydrogen-bond acceptors (Lipinski definition) is 5. The van der Waals surface area contributed by atoms with Crippen LogP contribution in [0.2, 0.25) is 0 Å². The Morgan fingerprint density at radius 1 is 1.19 bits per heavy atom. The first-order valence-corrected chi connectivity index (χ1v) is 8.79. The van der Waals surface area contributed by atoms with Crippen LogP contribution < -0.4 is 10.9 Å². The summed E-state index contributed by atoms with van der Waals surface area (Å²) in [5.74, 6) is 0.496. The van der Waals surface area contributed by atoms with Crippen molar-refractivity contribution in [2.45, 2.75) is 6.04 Å². The summed E-state index contributed by atoms with van der Waals surface area (Å²) in [6.45, 7) is 1.79. The van der Waals surface area contributed by atoms with E-state index in [0.29, 0.717) is 31.0 Å². The Hall–Kier alpha value is -3.26. The molecule has 27 heavy (non-hydrogen) atoms. The van der Waals surface area contributed by atoms with Crippen LogP contribution in [-0.4, -0.2) is 50.0 Å². The molecular weight excluding hydrogens is 344 g/mol. The first-order chi connectivity index (χ1) is 13.1. The Morgan fingerprint density at radius 3 is 2.78 bits per heavy atom. The SMILES string of the molecule is Cn1ccnc1C1CNCCN1C(=O)c1ccc(-c2ccccn2)[nH]c1=O. The topological polar surface area (TPSA) is 95.9 Å². The number of nitrogens with one attached hydrogen (secondary N) is 2. The van der Waals surface area contributed by atoms with Crippen molar-refractivity contribution in [1.82, 2.24) is 29.7 Å². The number of imidazole rings is 1. The zero-order valence-corrected chi connectivity index (χ0v) is 14.9. The molecule has 2 N–H and O–H groups in total. The molecule has 0 bridgehead atoms. The van der Waals surface area contributed by atoms with Gasteiger partial charge in [0.25, 0.3) is 11.5 Å². The highest BCUT2D eigenvalue weighted by atomic mass is 16.2. The van der Waals surface area contributed by atoms with Gasteiger partial charge >= 0.3 is 0 Å². The van der Waals surface area contributed by atoms with Crippen molar-refractivity contribution in [3.8, 4) is 11.4 Å². The number of aromatic amines is 1. The largest absolute Gasteiger partial charge is 0.336 e. The smallest absolute Gasteiger partial charge is 0.261 e. The molecule has 0 radical (unpaired) electrons. The molecule has 138 valence electrons. The summed E-state index contributed by atoms with van der Waals surface area (Å²) in [5, 5.41) is 3.29. The lowest BCUT2D eigenvalue weighted by atomic mass is 10.1. The lowest BCUT2D eigenvalue weighted by molar-refractivity contribution is 0.0619. The molecule has 1 saturated heterocycles. The maximum absolute atomic E-state index is 13.1. The third kappa shape index (κ3) is 3.26. The molecule has 4 heterocycles. The van der Waals surface area contributed by atoms with E-state index in [1.54, 1.807) is 35.5 Å². The third-order valence-corrected chi connectivity index (χ3v) is 4.74. The van der Waals surface area contributed by atoms with Crippen LogP contribution >= 0.6 is 0 Å². The van der Waals surface area contributed by atoms with E-state index in [1.165, 1.54) is 0 Å². The van der Waals surface area contributed by atoms with Gasteiger partial charge < -0.3 is 19.8 Å². The average molecular weight is 364 g/mol. The molecule has 0 saturated carbocycles. The summed E-state index contributed by atoms with van der Waals surface area (Å²) in [4.78, 5) is 38.8. The molecule has 0 spiro atoms. The zero-order valence-electron chi connectivity index (χ0n) is 14.9. The molecule has 3 aromatic heterocycles. The van der Waals surface area contributed by atoms with Crippen molar-refractivity contribution in [3.05, 3.63) is 70.7 Å². The highest BCUT2D eigenvalue weighted by molar-refractivity contribution is 5.94. The molecular formula is C19H20N6O2. The Kier molecular flexibility index (Phi) is 4.55. The number of piperazine rings is 1. The van der Waals surface area contributed by atoms with E-state index < -0.39 is 5.56 Å². The second kappa shape index (κ2) is 7.16. The van der Waals surface area contributed by atoms with Gasteiger partial charge in [0.1, 0.15) is 17.4 Å². The fourth-order valence-electron chi connectivity index (χ4n) is 3.34. The van der Waals surface area contributed by atoms with Gasteiger partial charge in [-0.1, -0.05) is 6.07 Å². The molecule has 0 aromatic carbocycles. The van der Waals surface area contributed by atoms with Gasteiger partial charge in [-0.05, 0) is 24.3 Å². The van der Waals surface area contributed by atoms with E-state index >= 15 is 0 Å². The quantitative estimate of drug-likeness (QED) is 0.722. The molecule has 8 heteroatoms. The molecule has 1 atom stereocenters. The van der Waals surface area contributed by atoms with Gasteiger partial charge in [0.05, 0.1) is 11.4 Å². The van der Waals surface area contributed by atoms with E-state index in [1.807, 2.05) is 29.9 Å². The number of aromatic nitrogens is 4.